The fourth-order valence-electron chi connectivity index (χ4n) is 3.57. The van der Waals surface area contributed by atoms with Crippen molar-refractivity contribution in [1.82, 2.24) is 19.7 Å². The summed E-state index contributed by atoms with van der Waals surface area (Å²) in [7, 11) is 0. The van der Waals surface area contributed by atoms with Gasteiger partial charge in [-0.15, -0.1) is 21.5 Å². The van der Waals surface area contributed by atoms with Crippen LogP contribution in [0.1, 0.15) is 64.7 Å². The molecule has 0 aliphatic carbocycles. The molecule has 0 aromatic carbocycles. The second kappa shape index (κ2) is 8.20. The summed E-state index contributed by atoms with van der Waals surface area (Å²) in [5.41, 5.74) is 0. The summed E-state index contributed by atoms with van der Waals surface area (Å²) in [4.78, 5) is 27.6. The second-order valence-corrected chi connectivity index (χ2v) is 8.46. The Hall–Kier alpha value is -2.94. The molecule has 0 saturated carbocycles. The number of amides is 2. The first kappa shape index (κ1) is 19.4. The molecule has 3 aromatic rings. The van der Waals surface area contributed by atoms with Crippen LogP contribution in [-0.4, -0.2) is 44.6 Å². The Balaban J connectivity index is 1.43. The van der Waals surface area contributed by atoms with Crippen LogP contribution in [0.4, 0.5) is 5.00 Å². The number of likely N-dealkylation sites (tertiary alicyclic amines) is 1. The molecule has 2 amide bonds. The van der Waals surface area contributed by atoms with Gasteiger partial charge in [0.05, 0.1) is 16.1 Å². The molecule has 0 bridgehead atoms. The Kier molecular flexibility index (Phi) is 5.48. The van der Waals surface area contributed by atoms with Crippen molar-refractivity contribution in [1.29, 1.82) is 0 Å². The lowest BCUT2D eigenvalue weighted by molar-refractivity contribution is 0.0707. The van der Waals surface area contributed by atoms with Crippen LogP contribution < -0.4 is 5.32 Å². The van der Waals surface area contributed by atoms with E-state index in [4.69, 9.17) is 4.42 Å². The minimum Gasteiger partial charge on any atom is -0.459 e. The van der Waals surface area contributed by atoms with Crippen LogP contribution in [0.3, 0.4) is 0 Å². The number of nitrogens with zero attached hydrogens (tertiary/aromatic N) is 4. The molecular weight excluding hydrogens is 390 g/mol. The number of hydrogen-bond donors (Lipinski definition) is 1. The van der Waals surface area contributed by atoms with E-state index in [1.807, 2.05) is 4.90 Å². The summed E-state index contributed by atoms with van der Waals surface area (Å²) in [6.07, 6.45) is 5.12. The average Bonchev–Trinajstić information content (AvgIpc) is 3.48. The molecule has 4 heterocycles. The molecule has 0 radical (unpaired) electrons. The Morgan fingerprint density at radius 1 is 1.31 bits per heavy atom. The number of hydrogen-bond acceptors (Lipinski definition) is 6. The van der Waals surface area contributed by atoms with Gasteiger partial charge in [-0.2, -0.15) is 0 Å². The highest BCUT2D eigenvalue weighted by atomic mass is 32.1. The zero-order valence-corrected chi connectivity index (χ0v) is 17.2. The number of thiophene rings is 1. The molecule has 1 N–H and O–H groups in total. The van der Waals surface area contributed by atoms with Crippen LogP contribution in [0.2, 0.25) is 0 Å². The second-order valence-electron chi connectivity index (χ2n) is 7.38. The molecule has 1 fully saturated rings. The van der Waals surface area contributed by atoms with Crippen molar-refractivity contribution in [2.45, 2.75) is 38.6 Å². The number of anilines is 1. The van der Waals surface area contributed by atoms with Crippen molar-refractivity contribution in [3.63, 3.8) is 0 Å². The van der Waals surface area contributed by atoms with Gasteiger partial charge in [0.25, 0.3) is 11.8 Å². The summed E-state index contributed by atoms with van der Waals surface area (Å²) in [5, 5.41) is 11.8. The monoisotopic (exact) mass is 413 g/mol. The van der Waals surface area contributed by atoms with Crippen LogP contribution in [-0.2, 0) is 0 Å². The van der Waals surface area contributed by atoms with E-state index in [-0.39, 0.29) is 29.5 Å². The van der Waals surface area contributed by atoms with Crippen molar-refractivity contribution >= 4 is 28.2 Å². The van der Waals surface area contributed by atoms with E-state index in [9.17, 15) is 9.59 Å². The third kappa shape index (κ3) is 4.09. The molecule has 1 aliphatic heterocycles. The van der Waals surface area contributed by atoms with Gasteiger partial charge in [0.1, 0.15) is 12.2 Å². The molecule has 1 aliphatic rings. The lowest BCUT2D eigenvalue weighted by Gasteiger charge is -2.32. The van der Waals surface area contributed by atoms with E-state index < -0.39 is 0 Å². The van der Waals surface area contributed by atoms with E-state index in [2.05, 4.69) is 33.9 Å². The average molecular weight is 414 g/mol. The number of piperidine rings is 1. The van der Waals surface area contributed by atoms with Crippen LogP contribution in [0.15, 0.2) is 41.3 Å². The van der Waals surface area contributed by atoms with Gasteiger partial charge < -0.3 is 19.2 Å². The molecule has 1 atom stereocenters. The third-order valence-corrected chi connectivity index (χ3v) is 6.02. The van der Waals surface area contributed by atoms with E-state index in [1.165, 1.54) is 17.6 Å². The van der Waals surface area contributed by atoms with Crippen molar-refractivity contribution in [2.24, 2.45) is 0 Å². The van der Waals surface area contributed by atoms with Gasteiger partial charge in [-0.25, -0.2) is 0 Å². The van der Waals surface area contributed by atoms with Crippen molar-refractivity contribution in [2.75, 3.05) is 18.4 Å². The summed E-state index contributed by atoms with van der Waals surface area (Å²) in [6.45, 7) is 5.54. The predicted molar refractivity (Wildman–Crippen MR) is 109 cm³/mol. The largest absolute Gasteiger partial charge is 0.459 e. The van der Waals surface area contributed by atoms with Crippen molar-refractivity contribution in [3.8, 4) is 0 Å². The third-order valence-electron chi connectivity index (χ3n) is 5.03. The van der Waals surface area contributed by atoms with Crippen LogP contribution in [0.5, 0.6) is 0 Å². The lowest BCUT2D eigenvalue weighted by Crippen LogP contribution is -2.39. The zero-order valence-electron chi connectivity index (χ0n) is 16.4. The molecule has 0 spiro atoms. The van der Waals surface area contributed by atoms with Crippen molar-refractivity contribution in [3.05, 3.63) is 53.3 Å². The molecule has 1 saturated heterocycles. The maximum absolute atomic E-state index is 13.0. The number of rotatable bonds is 5. The smallest absolute Gasteiger partial charge is 0.291 e. The fraction of sp³-hybridized carbons (Fsp3) is 0.400. The summed E-state index contributed by atoms with van der Waals surface area (Å²) in [5.74, 6) is 1.00. The molecule has 3 aromatic heterocycles. The van der Waals surface area contributed by atoms with Gasteiger partial charge in [0.15, 0.2) is 5.76 Å². The standard InChI is InChI=1S/C20H23N5O3S/c1-13(2)25-12-21-23-18(25)14-5-3-9-24(11-14)20(27)16-7-8-17(29-16)22-19(26)15-6-4-10-28-15/h4,6-8,10,12-14H,3,5,9,11H2,1-2H3,(H,22,26). The summed E-state index contributed by atoms with van der Waals surface area (Å²) in [6, 6.07) is 7.04. The first-order valence-electron chi connectivity index (χ1n) is 9.66. The topological polar surface area (TPSA) is 93.3 Å². The van der Waals surface area contributed by atoms with Crippen LogP contribution >= 0.6 is 11.3 Å². The number of aromatic nitrogens is 3. The molecule has 8 nitrogen and oxygen atoms in total. The van der Waals surface area contributed by atoms with Gasteiger partial charge in [0, 0.05) is 25.0 Å². The number of nitrogens with one attached hydrogen (secondary N) is 1. The van der Waals surface area contributed by atoms with Crippen molar-refractivity contribution < 1.29 is 14.0 Å². The molecular formula is C20H23N5O3S. The maximum Gasteiger partial charge on any atom is 0.291 e. The molecule has 4 rings (SSSR count). The molecule has 152 valence electrons. The first-order chi connectivity index (χ1) is 14.0. The van der Waals surface area contributed by atoms with E-state index in [0.29, 0.717) is 16.4 Å². The highest BCUT2D eigenvalue weighted by Crippen LogP contribution is 2.30. The maximum atomic E-state index is 13.0. The lowest BCUT2D eigenvalue weighted by atomic mass is 9.96. The molecule has 29 heavy (non-hydrogen) atoms. The number of furan rings is 1. The van der Waals surface area contributed by atoms with Crippen LogP contribution in [0, 0.1) is 0 Å². The minimum atomic E-state index is -0.332. The van der Waals surface area contributed by atoms with E-state index >= 15 is 0 Å². The van der Waals surface area contributed by atoms with Gasteiger partial charge in [-0.1, -0.05) is 0 Å². The highest BCUT2D eigenvalue weighted by molar-refractivity contribution is 7.18. The van der Waals surface area contributed by atoms with E-state index in [0.717, 1.165) is 25.2 Å². The normalized spacial score (nSPS) is 16.9. The Bertz CT molecular complexity index is 992. The fourth-order valence-corrected chi connectivity index (χ4v) is 4.44. The zero-order chi connectivity index (χ0) is 20.4. The van der Waals surface area contributed by atoms with Gasteiger partial charge in [-0.3, -0.25) is 9.59 Å². The Morgan fingerprint density at radius 3 is 2.93 bits per heavy atom. The number of carbonyl (C=O) groups excluding carboxylic acids is 2. The van der Waals surface area contributed by atoms with Crippen LogP contribution in [0.25, 0.3) is 0 Å². The van der Waals surface area contributed by atoms with Gasteiger partial charge in [0.2, 0.25) is 0 Å². The highest BCUT2D eigenvalue weighted by Gasteiger charge is 2.29. The number of carbonyl (C=O) groups is 2. The SMILES string of the molecule is CC(C)n1cnnc1C1CCCN(C(=O)c2ccc(NC(=O)c3ccco3)s2)C1. The summed E-state index contributed by atoms with van der Waals surface area (Å²) < 4.78 is 7.17. The first-order valence-corrected chi connectivity index (χ1v) is 10.5. The van der Waals surface area contributed by atoms with Gasteiger partial charge >= 0.3 is 0 Å². The van der Waals surface area contributed by atoms with Gasteiger partial charge in [-0.05, 0) is 51.0 Å². The minimum absolute atomic E-state index is 0.0196. The van der Waals surface area contributed by atoms with E-state index in [1.54, 1.807) is 30.6 Å². The molecule has 9 heteroatoms. The quantitative estimate of drug-likeness (QED) is 0.687. The molecule has 1 unspecified atom stereocenters. The Labute approximate surface area is 172 Å². The summed E-state index contributed by atoms with van der Waals surface area (Å²) >= 11 is 1.27. The Morgan fingerprint density at radius 2 is 2.17 bits per heavy atom. The predicted octanol–water partition coefficient (Wildman–Crippen LogP) is 3.79.